The summed E-state index contributed by atoms with van der Waals surface area (Å²) in [6.07, 6.45) is 2.33. The quantitative estimate of drug-likeness (QED) is 0.820. The second kappa shape index (κ2) is 5.49. The average Bonchev–Trinajstić information content (AvgIpc) is 2.26. The number of nitrogens with one attached hydrogen (secondary N) is 1. The highest BCUT2D eigenvalue weighted by atomic mass is 16.4. The molecule has 1 aromatic carbocycles. The third-order valence-corrected chi connectivity index (χ3v) is 2.29. The second-order valence-electron chi connectivity index (χ2n) is 4.94. The minimum absolute atomic E-state index is 0.128. The largest absolute Gasteiger partial charge is 0.545 e. The van der Waals surface area contributed by atoms with Crippen LogP contribution >= 0.6 is 0 Å². The van der Waals surface area contributed by atoms with Crippen molar-refractivity contribution in [2.24, 2.45) is 5.41 Å². The molecule has 0 spiro atoms. The molecule has 0 saturated heterocycles. The van der Waals surface area contributed by atoms with Crippen molar-refractivity contribution in [3.8, 4) is 0 Å². The molecule has 1 N–H and O–H groups in total. The number of rotatable bonds is 3. The fraction of sp³-hybridized carbons (Fsp3) is 0.286. The molecule has 0 atom stereocenters. The molecule has 96 valence electrons. The number of hydrogen-bond donors (Lipinski definition) is 1. The Bertz CT molecular complexity index is 484. The summed E-state index contributed by atoms with van der Waals surface area (Å²) in [5, 5.41) is 13.2. The summed E-state index contributed by atoms with van der Waals surface area (Å²) in [5.74, 6) is -1.40. The van der Waals surface area contributed by atoms with Gasteiger partial charge in [0.2, 0.25) is 5.91 Å². The summed E-state index contributed by atoms with van der Waals surface area (Å²) in [6.45, 7) is 5.42. The lowest BCUT2D eigenvalue weighted by Gasteiger charge is -2.18. The second-order valence-corrected chi connectivity index (χ2v) is 4.94. The topological polar surface area (TPSA) is 69.2 Å². The van der Waals surface area contributed by atoms with Gasteiger partial charge >= 0.3 is 0 Å². The molecule has 0 aliphatic rings. The molecule has 4 nitrogen and oxygen atoms in total. The number of carbonyl (C=O) groups excluding carboxylic acids is 2. The lowest BCUT2D eigenvalue weighted by molar-refractivity contribution is -0.297. The standard InChI is InChI=1S/C14H17NO3/c1-14(2,3)13(18)15-11-7-5-4-6-10(11)8-9-12(16)17/h4-9H,1-3H3,(H,15,18)(H,16,17)/p-1/b9-8-. The van der Waals surface area contributed by atoms with E-state index in [1.165, 1.54) is 6.08 Å². The van der Waals surface area contributed by atoms with E-state index < -0.39 is 11.4 Å². The van der Waals surface area contributed by atoms with Crippen molar-refractivity contribution in [2.75, 3.05) is 5.32 Å². The molecule has 0 aliphatic carbocycles. The van der Waals surface area contributed by atoms with Gasteiger partial charge in [0.05, 0.1) is 5.97 Å². The van der Waals surface area contributed by atoms with Crippen LogP contribution in [0.4, 0.5) is 5.69 Å². The van der Waals surface area contributed by atoms with Gasteiger partial charge in [-0.15, -0.1) is 0 Å². The van der Waals surface area contributed by atoms with Crippen molar-refractivity contribution in [1.82, 2.24) is 0 Å². The number of carbonyl (C=O) groups is 2. The highest BCUT2D eigenvalue weighted by Gasteiger charge is 2.21. The number of aliphatic carboxylic acids is 1. The van der Waals surface area contributed by atoms with E-state index in [1.807, 2.05) is 20.8 Å². The molecule has 0 bridgehead atoms. The Balaban J connectivity index is 2.96. The molecule has 4 heteroatoms. The van der Waals surface area contributed by atoms with Gasteiger partial charge in [-0.05, 0) is 17.7 Å². The molecular formula is C14H16NO3-. The summed E-state index contributed by atoms with van der Waals surface area (Å²) >= 11 is 0. The molecular weight excluding hydrogens is 230 g/mol. The summed E-state index contributed by atoms with van der Waals surface area (Å²) in [5.41, 5.74) is 0.694. The zero-order valence-corrected chi connectivity index (χ0v) is 10.7. The fourth-order valence-corrected chi connectivity index (χ4v) is 1.22. The van der Waals surface area contributed by atoms with E-state index in [0.717, 1.165) is 6.08 Å². The van der Waals surface area contributed by atoms with Crippen molar-refractivity contribution in [2.45, 2.75) is 20.8 Å². The number of amides is 1. The molecule has 1 aromatic rings. The minimum Gasteiger partial charge on any atom is -0.545 e. The van der Waals surface area contributed by atoms with Gasteiger partial charge in [-0.25, -0.2) is 0 Å². The molecule has 1 rings (SSSR count). The molecule has 0 saturated carbocycles. The van der Waals surface area contributed by atoms with Crippen molar-refractivity contribution < 1.29 is 14.7 Å². The van der Waals surface area contributed by atoms with E-state index >= 15 is 0 Å². The Morgan fingerprint density at radius 3 is 2.39 bits per heavy atom. The highest BCUT2D eigenvalue weighted by molar-refractivity contribution is 5.97. The van der Waals surface area contributed by atoms with Crippen LogP contribution < -0.4 is 10.4 Å². The van der Waals surface area contributed by atoms with Crippen LogP contribution in [0.5, 0.6) is 0 Å². The normalized spacial score (nSPS) is 11.5. The zero-order chi connectivity index (χ0) is 13.8. The van der Waals surface area contributed by atoms with E-state index in [4.69, 9.17) is 0 Å². The molecule has 0 fully saturated rings. The minimum atomic E-state index is -1.27. The molecule has 0 unspecified atom stereocenters. The zero-order valence-electron chi connectivity index (χ0n) is 10.7. The summed E-state index contributed by atoms with van der Waals surface area (Å²) in [4.78, 5) is 22.2. The smallest absolute Gasteiger partial charge is 0.229 e. The summed E-state index contributed by atoms with van der Waals surface area (Å²) < 4.78 is 0. The lowest BCUT2D eigenvalue weighted by atomic mass is 9.95. The SMILES string of the molecule is CC(C)(C)C(=O)Nc1ccccc1/C=C\C(=O)[O-]. The van der Waals surface area contributed by atoms with Gasteiger partial charge in [-0.3, -0.25) is 4.79 Å². The van der Waals surface area contributed by atoms with Crippen molar-refractivity contribution >= 4 is 23.6 Å². The maximum absolute atomic E-state index is 11.9. The predicted molar refractivity (Wildman–Crippen MR) is 68.6 cm³/mol. The van der Waals surface area contributed by atoms with Crippen LogP contribution in [0.1, 0.15) is 26.3 Å². The van der Waals surface area contributed by atoms with Crippen LogP contribution in [-0.4, -0.2) is 11.9 Å². The fourth-order valence-electron chi connectivity index (χ4n) is 1.22. The van der Waals surface area contributed by atoms with Crippen LogP contribution in [0.2, 0.25) is 0 Å². The van der Waals surface area contributed by atoms with Gasteiger partial charge < -0.3 is 15.2 Å². The van der Waals surface area contributed by atoms with Gasteiger partial charge in [0, 0.05) is 11.1 Å². The molecule has 1 amide bonds. The third kappa shape index (κ3) is 4.05. The maximum atomic E-state index is 11.9. The molecule has 0 radical (unpaired) electrons. The van der Waals surface area contributed by atoms with E-state index in [1.54, 1.807) is 24.3 Å². The third-order valence-electron chi connectivity index (χ3n) is 2.29. The molecule has 0 heterocycles. The van der Waals surface area contributed by atoms with Gasteiger partial charge in [0.1, 0.15) is 0 Å². The molecule has 0 aliphatic heterocycles. The van der Waals surface area contributed by atoms with Gasteiger partial charge in [-0.2, -0.15) is 0 Å². The number of benzene rings is 1. The first-order valence-electron chi connectivity index (χ1n) is 5.60. The van der Waals surface area contributed by atoms with Crippen LogP contribution in [0.3, 0.4) is 0 Å². The number of para-hydroxylation sites is 1. The monoisotopic (exact) mass is 246 g/mol. The lowest BCUT2D eigenvalue weighted by Crippen LogP contribution is -2.27. The maximum Gasteiger partial charge on any atom is 0.229 e. The van der Waals surface area contributed by atoms with Gasteiger partial charge in [0.15, 0.2) is 0 Å². The van der Waals surface area contributed by atoms with Gasteiger partial charge in [-0.1, -0.05) is 45.0 Å². The van der Waals surface area contributed by atoms with Crippen LogP contribution in [0.15, 0.2) is 30.3 Å². The predicted octanol–water partition coefficient (Wildman–Crippen LogP) is 1.43. The first kappa shape index (κ1) is 14.0. The van der Waals surface area contributed by atoms with Crippen molar-refractivity contribution in [3.05, 3.63) is 35.9 Å². The first-order chi connectivity index (χ1) is 8.30. The Morgan fingerprint density at radius 2 is 1.83 bits per heavy atom. The van der Waals surface area contributed by atoms with Crippen molar-refractivity contribution in [1.29, 1.82) is 0 Å². The van der Waals surface area contributed by atoms with Crippen LogP contribution in [0.25, 0.3) is 6.08 Å². The Hall–Kier alpha value is -2.10. The molecule has 18 heavy (non-hydrogen) atoms. The van der Waals surface area contributed by atoms with Crippen molar-refractivity contribution in [3.63, 3.8) is 0 Å². The van der Waals surface area contributed by atoms with Crippen LogP contribution in [0, 0.1) is 5.41 Å². The van der Waals surface area contributed by atoms with Gasteiger partial charge in [0.25, 0.3) is 0 Å². The van der Waals surface area contributed by atoms with E-state index in [2.05, 4.69) is 5.32 Å². The van der Waals surface area contributed by atoms with E-state index in [-0.39, 0.29) is 5.91 Å². The summed E-state index contributed by atoms with van der Waals surface area (Å²) in [6, 6.07) is 6.98. The Labute approximate surface area is 106 Å². The Kier molecular flexibility index (Phi) is 4.26. The van der Waals surface area contributed by atoms with E-state index in [0.29, 0.717) is 11.3 Å². The van der Waals surface area contributed by atoms with E-state index in [9.17, 15) is 14.7 Å². The first-order valence-corrected chi connectivity index (χ1v) is 5.60. The average molecular weight is 246 g/mol. The number of hydrogen-bond acceptors (Lipinski definition) is 3. The van der Waals surface area contributed by atoms with Crippen LogP contribution in [-0.2, 0) is 9.59 Å². The molecule has 0 aromatic heterocycles. The summed E-state index contributed by atoms with van der Waals surface area (Å²) in [7, 11) is 0. The number of carboxylic acid groups (broad SMARTS) is 1. The Morgan fingerprint density at radius 1 is 1.22 bits per heavy atom. The number of carboxylic acids is 1. The number of anilines is 1. The highest BCUT2D eigenvalue weighted by Crippen LogP contribution is 2.21.